The second kappa shape index (κ2) is 6.72. The number of benzene rings is 1. The molecule has 0 aromatic heterocycles. The Morgan fingerprint density at radius 1 is 1.10 bits per heavy atom. The first-order valence-electron chi connectivity index (χ1n) is 7.00. The molecule has 0 aliphatic heterocycles. The van der Waals surface area contributed by atoms with E-state index in [4.69, 9.17) is 0 Å². The second-order valence-electron chi connectivity index (χ2n) is 6.15. The molecule has 1 amide bonds. The Hall–Kier alpha value is -1.88. The van der Waals surface area contributed by atoms with E-state index in [1.54, 1.807) is 13.8 Å². The zero-order valence-electron chi connectivity index (χ0n) is 13.1. The number of hydrogen-bond acceptors (Lipinski definition) is 3. The van der Waals surface area contributed by atoms with E-state index in [-0.39, 0.29) is 12.3 Å². The fourth-order valence-corrected chi connectivity index (χ4v) is 1.72. The van der Waals surface area contributed by atoms with Crippen LogP contribution in [0.2, 0.25) is 0 Å². The van der Waals surface area contributed by atoms with Crippen LogP contribution < -0.4 is 10.6 Å². The Bertz CT molecular complexity index is 496. The molecule has 0 aliphatic carbocycles. The van der Waals surface area contributed by atoms with Gasteiger partial charge in [-0.2, -0.15) is 0 Å². The average Bonchev–Trinajstić information content (AvgIpc) is 2.39. The van der Waals surface area contributed by atoms with E-state index in [2.05, 4.69) is 10.6 Å². The molecule has 0 bridgehead atoms. The Morgan fingerprint density at radius 2 is 1.67 bits per heavy atom. The van der Waals surface area contributed by atoms with Crippen molar-refractivity contribution in [3.05, 3.63) is 30.3 Å². The van der Waals surface area contributed by atoms with Crippen molar-refractivity contribution < 1.29 is 14.7 Å². The van der Waals surface area contributed by atoms with E-state index in [1.165, 1.54) is 0 Å². The molecule has 5 nitrogen and oxygen atoms in total. The summed E-state index contributed by atoms with van der Waals surface area (Å²) in [6.45, 7) is 7.42. The van der Waals surface area contributed by atoms with Crippen molar-refractivity contribution in [2.45, 2.75) is 39.7 Å². The molecule has 0 spiro atoms. The first-order valence-corrected chi connectivity index (χ1v) is 7.00. The minimum absolute atomic E-state index is 0.0994. The van der Waals surface area contributed by atoms with Crippen LogP contribution in [0.1, 0.15) is 34.1 Å². The van der Waals surface area contributed by atoms with Crippen molar-refractivity contribution in [1.82, 2.24) is 5.32 Å². The standard InChI is InChI=1S/C16H24N2O3/c1-15(2,14(20)21)16(3,4)17-11-10-13(19)18-12-8-6-5-7-9-12/h5-9,17H,10-11H2,1-4H3,(H,18,19)(H,20,21). The first kappa shape index (κ1) is 17.2. The monoisotopic (exact) mass is 292 g/mol. The van der Waals surface area contributed by atoms with Crippen LogP contribution in [0.4, 0.5) is 5.69 Å². The molecule has 0 heterocycles. The number of rotatable bonds is 7. The van der Waals surface area contributed by atoms with E-state index < -0.39 is 16.9 Å². The summed E-state index contributed by atoms with van der Waals surface area (Å²) in [5.41, 5.74) is -0.790. The van der Waals surface area contributed by atoms with Gasteiger partial charge in [0.25, 0.3) is 0 Å². The average molecular weight is 292 g/mol. The highest BCUT2D eigenvalue weighted by molar-refractivity contribution is 5.90. The number of nitrogens with one attached hydrogen (secondary N) is 2. The summed E-state index contributed by atoms with van der Waals surface area (Å²) < 4.78 is 0. The molecule has 0 radical (unpaired) electrons. The van der Waals surface area contributed by atoms with Gasteiger partial charge in [0, 0.05) is 24.2 Å². The van der Waals surface area contributed by atoms with Crippen molar-refractivity contribution in [3.8, 4) is 0 Å². The van der Waals surface area contributed by atoms with Gasteiger partial charge in [0.1, 0.15) is 0 Å². The summed E-state index contributed by atoms with van der Waals surface area (Å²) in [6, 6.07) is 9.23. The minimum atomic E-state index is -0.928. The van der Waals surface area contributed by atoms with Crippen molar-refractivity contribution >= 4 is 17.6 Å². The van der Waals surface area contributed by atoms with E-state index in [9.17, 15) is 14.7 Å². The highest BCUT2D eigenvalue weighted by atomic mass is 16.4. The van der Waals surface area contributed by atoms with Gasteiger partial charge < -0.3 is 15.7 Å². The maximum Gasteiger partial charge on any atom is 0.310 e. The van der Waals surface area contributed by atoms with Gasteiger partial charge in [-0.3, -0.25) is 9.59 Å². The molecule has 0 unspecified atom stereocenters. The van der Waals surface area contributed by atoms with Crippen LogP contribution in [0.5, 0.6) is 0 Å². The number of amides is 1. The van der Waals surface area contributed by atoms with Gasteiger partial charge in [0.2, 0.25) is 5.91 Å². The number of carbonyl (C=O) groups excluding carboxylic acids is 1. The molecule has 0 saturated heterocycles. The molecule has 116 valence electrons. The Balaban J connectivity index is 2.46. The summed E-state index contributed by atoms with van der Waals surface area (Å²) in [4.78, 5) is 23.1. The summed E-state index contributed by atoms with van der Waals surface area (Å²) in [6.07, 6.45) is 0.286. The lowest BCUT2D eigenvalue weighted by atomic mass is 9.74. The zero-order valence-corrected chi connectivity index (χ0v) is 13.1. The van der Waals surface area contributed by atoms with Crippen molar-refractivity contribution in [2.75, 3.05) is 11.9 Å². The zero-order chi connectivity index (χ0) is 16.1. The summed E-state index contributed by atoms with van der Waals surface area (Å²) in [7, 11) is 0. The van der Waals surface area contributed by atoms with Gasteiger partial charge in [0.15, 0.2) is 0 Å². The molecule has 0 aliphatic rings. The van der Waals surface area contributed by atoms with E-state index in [0.29, 0.717) is 6.54 Å². The van der Waals surface area contributed by atoms with Crippen molar-refractivity contribution in [1.29, 1.82) is 0 Å². The third-order valence-electron chi connectivity index (χ3n) is 4.07. The molecule has 5 heteroatoms. The van der Waals surface area contributed by atoms with Gasteiger partial charge in [-0.15, -0.1) is 0 Å². The third kappa shape index (κ3) is 4.56. The smallest absolute Gasteiger partial charge is 0.310 e. The number of anilines is 1. The summed E-state index contributed by atoms with van der Waals surface area (Å²) in [5, 5.41) is 15.2. The molecule has 0 atom stereocenters. The first-order chi connectivity index (χ1) is 9.67. The topological polar surface area (TPSA) is 78.4 Å². The van der Waals surface area contributed by atoms with Crippen LogP contribution in [0, 0.1) is 5.41 Å². The molecular formula is C16H24N2O3. The van der Waals surface area contributed by atoms with Gasteiger partial charge in [-0.05, 0) is 39.8 Å². The number of carboxylic acid groups (broad SMARTS) is 1. The number of aliphatic carboxylic acids is 1. The Kier molecular flexibility index (Phi) is 5.49. The maximum absolute atomic E-state index is 11.8. The van der Waals surface area contributed by atoms with Crippen LogP contribution in [-0.2, 0) is 9.59 Å². The Morgan fingerprint density at radius 3 is 2.19 bits per heavy atom. The molecule has 21 heavy (non-hydrogen) atoms. The van der Waals surface area contributed by atoms with Crippen LogP contribution in [0.15, 0.2) is 30.3 Å². The Labute approximate surface area is 125 Å². The molecule has 1 aromatic carbocycles. The molecule has 1 aromatic rings. The highest BCUT2D eigenvalue weighted by Gasteiger charge is 2.42. The molecule has 3 N–H and O–H groups in total. The summed E-state index contributed by atoms with van der Waals surface area (Å²) >= 11 is 0. The van der Waals surface area contributed by atoms with Gasteiger partial charge >= 0.3 is 5.97 Å². The maximum atomic E-state index is 11.8. The van der Waals surface area contributed by atoms with Crippen LogP contribution in [0.25, 0.3) is 0 Å². The quantitative estimate of drug-likeness (QED) is 0.721. The number of hydrogen-bond donors (Lipinski definition) is 3. The van der Waals surface area contributed by atoms with E-state index in [0.717, 1.165) is 5.69 Å². The van der Waals surface area contributed by atoms with Crippen molar-refractivity contribution in [3.63, 3.8) is 0 Å². The predicted molar refractivity (Wildman–Crippen MR) is 83.2 cm³/mol. The molecule has 1 rings (SSSR count). The fourth-order valence-electron chi connectivity index (χ4n) is 1.72. The second-order valence-corrected chi connectivity index (χ2v) is 6.15. The lowest BCUT2D eigenvalue weighted by Gasteiger charge is -2.39. The van der Waals surface area contributed by atoms with Crippen molar-refractivity contribution in [2.24, 2.45) is 5.41 Å². The normalized spacial score (nSPS) is 12.0. The number of carbonyl (C=O) groups is 2. The third-order valence-corrected chi connectivity index (χ3v) is 4.07. The highest BCUT2D eigenvalue weighted by Crippen LogP contribution is 2.30. The molecular weight excluding hydrogens is 268 g/mol. The van der Waals surface area contributed by atoms with E-state index in [1.807, 2.05) is 44.2 Å². The van der Waals surface area contributed by atoms with Gasteiger partial charge in [-0.25, -0.2) is 0 Å². The lowest BCUT2D eigenvalue weighted by molar-refractivity contribution is -0.151. The largest absolute Gasteiger partial charge is 0.481 e. The van der Waals surface area contributed by atoms with Crippen LogP contribution >= 0.6 is 0 Å². The minimum Gasteiger partial charge on any atom is -0.481 e. The van der Waals surface area contributed by atoms with Crippen LogP contribution in [-0.4, -0.2) is 29.1 Å². The van der Waals surface area contributed by atoms with Gasteiger partial charge in [0.05, 0.1) is 5.41 Å². The van der Waals surface area contributed by atoms with Gasteiger partial charge in [-0.1, -0.05) is 18.2 Å². The SMILES string of the molecule is CC(C)(NCCC(=O)Nc1ccccc1)C(C)(C)C(=O)O. The van der Waals surface area contributed by atoms with E-state index >= 15 is 0 Å². The number of carboxylic acids is 1. The molecule has 0 saturated carbocycles. The van der Waals surface area contributed by atoms with Crippen LogP contribution in [0.3, 0.4) is 0 Å². The fraction of sp³-hybridized carbons (Fsp3) is 0.500. The molecule has 0 fully saturated rings. The lowest BCUT2D eigenvalue weighted by Crippen LogP contribution is -2.55. The summed E-state index contributed by atoms with van der Waals surface area (Å²) in [5.74, 6) is -0.966. The predicted octanol–water partition coefficient (Wildman–Crippen LogP) is 2.49. The number of para-hydroxylation sites is 1.